The summed E-state index contributed by atoms with van der Waals surface area (Å²) >= 11 is 0. The minimum absolute atomic E-state index is 0.0204. The molecule has 0 spiro atoms. The average Bonchev–Trinajstić information content (AvgIpc) is 2.87. The number of rotatable bonds is 6. The van der Waals surface area contributed by atoms with Crippen LogP contribution in [0.25, 0.3) is 22.3 Å². The summed E-state index contributed by atoms with van der Waals surface area (Å²) in [7, 11) is 0. The van der Waals surface area contributed by atoms with Gasteiger partial charge in [-0.3, -0.25) is 9.59 Å². The average molecular weight is 516 g/mol. The maximum atomic E-state index is 13.0. The molecule has 0 bridgehead atoms. The molecule has 2 heterocycles. The van der Waals surface area contributed by atoms with Crippen LogP contribution >= 0.6 is 0 Å². The number of aliphatic hydroxyl groups is 3. The standard InChI is InChI=1S/C26H28O11/c1-3-11(2)26(34)37-25-22(33)21(32)18(10-27)36-24(25)20-15(30)8-14(29)19-16(31)9-17(35-23(19)20)12-4-6-13(28)7-5-12/h4-9,11,18,21-22,24-25,27-30,32-33H,3,10H2,1-2H3/t11?,18-,21-,22+,24-,25-/m1/s1. The Morgan fingerprint density at radius 1 is 1.05 bits per heavy atom. The first-order chi connectivity index (χ1) is 17.6. The van der Waals surface area contributed by atoms with Crippen LogP contribution in [0.1, 0.15) is 31.9 Å². The first kappa shape index (κ1) is 26.4. The third-order valence-electron chi connectivity index (χ3n) is 6.57. The molecule has 1 aromatic heterocycles. The van der Waals surface area contributed by atoms with E-state index in [1.165, 1.54) is 24.3 Å². The molecule has 1 fully saturated rings. The van der Waals surface area contributed by atoms with Gasteiger partial charge < -0.3 is 44.5 Å². The zero-order valence-corrected chi connectivity index (χ0v) is 20.1. The highest BCUT2D eigenvalue weighted by molar-refractivity contribution is 5.89. The van der Waals surface area contributed by atoms with Gasteiger partial charge in [0.25, 0.3) is 0 Å². The van der Waals surface area contributed by atoms with E-state index >= 15 is 0 Å². The number of esters is 1. The molecule has 11 nitrogen and oxygen atoms in total. The molecular formula is C26H28O11. The number of aliphatic hydroxyl groups excluding tert-OH is 3. The van der Waals surface area contributed by atoms with Crippen molar-refractivity contribution in [2.45, 2.75) is 50.8 Å². The quantitative estimate of drug-likeness (QED) is 0.262. The molecule has 0 saturated carbocycles. The molecule has 37 heavy (non-hydrogen) atoms. The Balaban J connectivity index is 1.94. The molecule has 2 aromatic carbocycles. The number of aromatic hydroxyl groups is 3. The molecule has 198 valence electrons. The smallest absolute Gasteiger partial charge is 0.309 e. The molecule has 11 heteroatoms. The van der Waals surface area contributed by atoms with Gasteiger partial charge in [0, 0.05) is 17.7 Å². The number of fused-ring (bicyclic) bond motifs is 1. The monoisotopic (exact) mass is 516 g/mol. The van der Waals surface area contributed by atoms with Crippen molar-refractivity contribution in [2.24, 2.45) is 5.92 Å². The molecular weight excluding hydrogens is 488 g/mol. The summed E-state index contributed by atoms with van der Waals surface area (Å²) in [6, 6.07) is 7.72. The second kappa shape index (κ2) is 10.4. The number of phenols is 3. The maximum absolute atomic E-state index is 13.0. The Morgan fingerprint density at radius 3 is 2.35 bits per heavy atom. The largest absolute Gasteiger partial charge is 0.508 e. The second-order valence-corrected chi connectivity index (χ2v) is 9.02. The van der Waals surface area contributed by atoms with Crippen LogP contribution in [0.5, 0.6) is 17.2 Å². The summed E-state index contributed by atoms with van der Waals surface area (Å²) in [5.41, 5.74) is -0.843. The SMILES string of the molecule is CCC(C)C(=O)O[C@@H]1[C@@H](O)[C@H](O)[C@@H](CO)O[C@@H]1c1c(O)cc(O)c2c(=O)cc(-c3ccc(O)cc3)oc12. The van der Waals surface area contributed by atoms with Crippen LogP contribution in [0.3, 0.4) is 0 Å². The summed E-state index contributed by atoms with van der Waals surface area (Å²) in [5.74, 6) is -2.47. The molecule has 0 aliphatic carbocycles. The summed E-state index contributed by atoms with van der Waals surface area (Å²) in [6.07, 6.45) is -7.37. The molecule has 1 aliphatic rings. The Morgan fingerprint density at radius 2 is 1.73 bits per heavy atom. The predicted octanol–water partition coefficient (Wildman–Crippen LogP) is 1.69. The van der Waals surface area contributed by atoms with Crippen LogP contribution in [0.15, 0.2) is 45.6 Å². The number of hydrogen-bond acceptors (Lipinski definition) is 11. The van der Waals surface area contributed by atoms with Gasteiger partial charge in [-0.15, -0.1) is 0 Å². The molecule has 4 rings (SSSR count). The van der Waals surface area contributed by atoms with Crippen LogP contribution < -0.4 is 5.43 Å². The van der Waals surface area contributed by atoms with E-state index in [0.717, 1.165) is 12.1 Å². The van der Waals surface area contributed by atoms with Crippen molar-refractivity contribution in [3.05, 3.63) is 52.2 Å². The molecule has 1 unspecified atom stereocenters. The number of benzene rings is 2. The Labute approximate surface area is 210 Å². The van der Waals surface area contributed by atoms with E-state index in [0.29, 0.717) is 12.0 Å². The topological polar surface area (TPSA) is 187 Å². The minimum Gasteiger partial charge on any atom is -0.508 e. The number of carbonyl (C=O) groups is 1. The van der Waals surface area contributed by atoms with E-state index in [9.17, 15) is 40.2 Å². The lowest BCUT2D eigenvalue weighted by Crippen LogP contribution is -2.56. The molecule has 0 amide bonds. The predicted molar refractivity (Wildman–Crippen MR) is 129 cm³/mol. The third kappa shape index (κ3) is 4.86. The van der Waals surface area contributed by atoms with Crippen LogP contribution in [0.4, 0.5) is 0 Å². The molecule has 3 aromatic rings. The van der Waals surface area contributed by atoms with E-state index in [4.69, 9.17) is 13.9 Å². The molecule has 1 aliphatic heterocycles. The van der Waals surface area contributed by atoms with Gasteiger partial charge in [-0.2, -0.15) is 0 Å². The number of ether oxygens (including phenoxy) is 2. The first-order valence-electron chi connectivity index (χ1n) is 11.7. The lowest BCUT2D eigenvalue weighted by Gasteiger charge is -2.42. The van der Waals surface area contributed by atoms with Gasteiger partial charge in [0.05, 0.1) is 18.1 Å². The number of carbonyl (C=O) groups excluding carboxylic acids is 1. The fourth-order valence-electron chi connectivity index (χ4n) is 4.24. The fraction of sp³-hybridized carbons (Fsp3) is 0.385. The Bertz CT molecular complexity index is 1350. The molecule has 1 saturated heterocycles. The van der Waals surface area contributed by atoms with Crippen LogP contribution in [0, 0.1) is 5.92 Å². The van der Waals surface area contributed by atoms with E-state index in [2.05, 4.69) is 0 Å². The van der Waals surface area contributed by atoms with Gasteiger partial charge in [-0.05, 0) is 30.7 Å². The van der Waals surface area contributed by atoms with Crippen LogP contribution in [0.2, 0.25) is 0 Å². The highest BCUT2D eigenvalue weighted by atomic mass is 16.6. The van der Waals surface area contributed by atoms with Crippen LogP contribution in [-0.2, 0) is 14.3 Å². The van der Waals surface area contributed by atoms with E-state index < -0.39 is 65.9 Å². The van der Waals surface area contributed by atoms with Gasteiger partial charge >= 0.3 is 5.97 Å². The summed E-state index contributed by atoms with van der Waals surface area (Å²) < 4.78 is 17.2. The Hall–Kier alpha value is -3.64. The van der Waals surface area contributed by atoms with Crippen molar-refractivity contribution < 1.29 is 49.3 Å². The van der Waals surface area contributed by atoms with E-state index in [1.54, 1.807) is 13.8 Å². The highest BCUT2D eigenvalue weighted by Crippen LogP contribution is 2.44. The van der Waals surface area contributed by atoms with Crippen molar-refractivity contribution in [1.29, 1.82) is 0 Å². The van der Waals surface area contributed by atoms with Crippen molar-refractivity contribution in [3.63, 3.8) is 0 Å². The summed E-state index contributed by atoms with van der Waals surface area (Å²) in [6.45, 7) is 2.64. The lowest BCUT2D eigenvalue weighted by molar-refractivity contribution is -0.242. The fourth-order valence-corrected chi connectivity index (χ4v) is 4.24. The number of hydrogen-bond donors (Lipinski definition) is 6. The molecule has 6 atom stereocenters. The maximum Gasteiger partial charge on any atom is 0.309 e. The third-order valence-corrected chi connectivity index (χ3v) is 6.57. The second-order valence-electron chi connectivity index (χ2n) is 9.02. The van der Waals surface area contributed by atoms with E-state index in [1.807, 2.05) is 0 Å². The van der Waals surface area contributed by atoms with Crippen molar-refractivity contribution in [1.82, 2.24) is 0 Å². The van der Waals surface area contributed by atoms with Crippen LogP contribution in [-0.4, -0.2) is 67.6 Å². The molecule has 6 N–H and O–H groups in total. The summed E-state index contributed by atoms with van der Waals surface area (Å²) in [4.78, 5) is 25.7. The lowest BCUT2D eigenvalue weighted by atomic mass is 9.89. The normalized spacial score (nSPS) is 24.6. The van der Waals surface area contributed by atoms with Crippen molar-refractivity contribution in [3.8, 4) is 28.6 Å². The minimum atomic E-state index is -1.74. The van der Waals surface area contributed by atoms with E-state index in [-0.39, 0.29) is 28.0 Å². The Kier molecular flexibility index (Phi) is 7.42. The molecule has 0 radical (unpaired) electrons. The van der Waals surface area contributed by atoms with Gasteiger partial charge in [0.15, 0.2) is 17.1 Å². The first-order valence-corrected chi connectivity index (χ1v) is 11.7. The van der Waals surface area contributed by atoms with Crippen molar-refractivity contribution in [2.75, 3.05) is 6.61 Å². The highest BCUT2D eigenvalue weighted by Gasteiger charge is 2.49. The van der Waals surface area contributed by atoms with Gasteiger partial charge in [0.2, 0.25) is 0 Å². The zero-order valence-electron chi connectivity index (χ0n) is 20.1. The zero-order chi connectivity index (χ0) is 27.0. The number of phenolic OH excluding ortho intramolecular Hbond substituents is 3. The van der Waals surface area contributed by atoms with Gasteiger partial charge in [0.1, 0.15) is 52.8 Å². The van der Waals surface area contributed by atoms with Gasteiger partial charge in [-0.25, -0.2) is 0 Å². The summed E-state index contributed by atoms with van der Waals surface area (Å²) in [5, 5.41) is 61.6. The van der Waals surface area contributed by atoms with Crippen molar-refractivity contribution >= 4 is 16.9 Å². The van der Waals surface area contributed by atoms with Gasteiger partial charge in [-0.1, -0.05) is 13.8 Å².